The van der Waals surface area contributed by atoms with Gasteiger partial charge in [0, 0.05) is 18.6 Å². The van der Waals surface area contributed by atoms with E-state index in [0.29, 0.717) is 0 Å². The Bertz CT molecular complexity index is 357. The molecule has 0 bridgehead atoms. The van der Waals surface area contributed by atoms with E-state index in [1.165, 1.54) is 0 Å². The van der Waals surface area contributed by atoms with Gasteiger partial charge in [-0.1, -0.05) is 11.6 Å². The van der Waals surface area contributed by atoms with Crippen molar-refractivity contribution in [2.75, 3.05) is 31.4 Å². The summed E-state index contributed by atoms with van der Waals surface area (Å²) in [6.07, 6.45) is 1.04. The highest BCUT2D eigenvalue weighted by atomic mass is 35.5. The minimum atomic E-state index is 0.742. The van der Waals surface area contributed by atoms with Crippen LogP contribution in [0.15, 0.2) is 12.1 Å². The molecule has 0 amide bonds. The number of aryl methyl sites for hydroxylation is 1. The van der Waals surface area contributed by atoms with Gasteiger partial charge >= 0.3 is 0 Å². The lowest BCUT2D eigenvalue weighted by Gasteiger charge is -2.23. The third kappa shape index (κ3) is 3.22. The Labute approximate surface area is 108 Å². The van der Waals surface area contributed by atoms with Crippen molar-refractivity contribution >= 4 is 29.9 Å². The fraction of sp³-hybridized carbons (Fsp3) is 0.500. The maximum atomic E-state index is 6.06. The Morgan fingerprint density at radius 1 is 1.44 bits per heavy atom. The zero-order valence-electron chi connectivity index (χ0n) is 9.96. The molecule has 1 rings (SSSR count). The third-order valence-corrected chi connectivity index (χ3v) is 3.02. The van der Waals surface area contributed by atoms with E-state index < -0.39 is 0 Å². The van der Waals surface area contributed by atoms with Gasteiger partial charge in [0.1, 0.15) is 5.75 Å². The van der Waals surface area contributed by atoms with Gasteiger partial charge in [0.2, 0.25) is 0 Å². The third-order valence-electron chi connectivity index (χ3n) is 2.49. The summed E-state index contributed by atoms with van der Waals surface area (Å²) in [5.74, 6) is 1.78. The Morgan fingerprint density at radius 2 is 2.12 bits per heavy atom. The fourth-order valence-corrected chi connectivity index (χ4v) is 2.10. The molecule has 0 aliphatic heterocycles. The van der Waals surface area contributed by atoms with Gasteiger partial charge in [-0.3, -0.25) is 0 Å². The second-order valence-electron chi connectivity index (χ2n) is 3.77. The van der Waals surface area contributed by atoms with Crippen LogP contribution in [0.5, 0.6) is 5.75 Å². The molecule has 0 aromatic heterocycles. The predicted molar refractivity (Wildman–Crippen MR) is 74.5 cm³/mol. The van der Waals surface area contributed by atoms with Crippen LogP contribution in [0.4, 0.5) is 5.69 Å². The van der Waals surface area contributed by atoms with Crippen LogP contribution in [0.2, 0.25) is 5.02 Å². The molecule has 0 saturated heterocycles. The Balaban J connectivity index is 3.00. The van der Waals surface area contributed by atoms with Crippen molar-refractivity contribution in [1.82, 2.24) is 0 Å². The largest absolute Gasteiger partial charge is 0.494 e. The molecular formula is C12H18ClNOS. The van der Waals surface area contributed by atoms with Gasteiger partial charge in [-0.2, -0.15) is 12.6 Å². The normalized spacial score (nSPS) is 10.3. The molecule has 0 aliphatic carbocycles. The predicted octanol–water partition coefficient (Wildman–Crippen LogP) is 3.41. The quantitative estimate of drug-likeness (QED) is 0.814. The van der Waals surface area contributed by atoms with Crippen molar-refractivity contribution in [2.45, 2.75) is 13.3 Å². The molecule has 4 heteroatoms. The summed E-state index contributed by atoms with van der Waals surface area (Å²) in [7, 11) is 3.73. The molecule has 2 nitrogen and oxygen atoms in total. The number of halogens is 1. The number of nitrogens with zero attached hydrogens (tertiary/aromatic N) is 1. The molecule has 0 aliphatic rings. The van der Waals surface area contributed by atoms with E-state index in [1.807, 2.05) is 26.1 Å². The van der Waals surface area contributed by atoms with Crippen LogP contribution in [0, 0.1) is 6.92 Å². The van der Waals surface area contributed by atoms with E-state index in [4.69, 9.17) is 16.3 Å². The van der Waals surface area contributed by atoms with Gasteiger partial charge < -0.3 is 9.64 Å². The second kappa shape index (κ2) is 6.26. The molecular weight excluding hydrogens is 242 g/mol. The van der Waals surface area contributed by atoms with E-state index in [-0.39, 0.29) is 0 Å². The van der Waals surface area contributed by atoms with E-state index in [9.17, 15) is 0 Å². The first-order valence-electron chi connectivity index (χ1n) is 5.26. The van der Waals surface area contributed by atoms with Crippen LogP contribution in [-0.2, 0) is 0 Å². The molecule has 0 unspecified atom stereocenters. The Morgan fingerprint density at radius 3 is 2.69 bits per heavy atom. The van der Waals surface area contributed by atoms with Crippen LogP contribution in [-0.4, -0.2) is 26.5 Å². The van der Waals surface area contributed by atoms with E-state index in [1.54, 1.807) is 7.11 Å². The number of rotatable bonds is 5. The van der Waals surface area contributed by atoms with E-state index in [0.717, 1.165) is 40.7 Å². The van der Waals surface area contributed by atoms with Crippen LogP contribution < -0.4 is 9.64 Å². The minimum Gasteiger partial charge on any atom is -0.494 e. The summed E-state index contributed by atoms with van der Waals surface area (Å²) < 4.78 is 5.41. The topological polar surface area (TPSA) is 12.5 Å². The van der Waals surface area contributed by atoms with Gasteiger partial charge in [0.05, 0.1) is 12.8 Å². The number of anilines is 1. The summed E-state index contributed by atoms with van der Waals surface area (Å²) in [5, 5.41) is 0.742. The average Bonchev–Trinajstić information content (AvgIpc) is 2.24. The molecule has 16 heavy (non-hydrogen) atoms. The molecule has 0 heterocycles. The highest BCUT2D eigenvalue weighted by molar-refractivity contribution is 7.80. The monoisotopic (exact) mass is 259 g/mol. The fourth-order valence-electron chi connectivity index (χ4n) is 1.69. The summed E-state index contributed by atoms with van der Waals surface area (Å²) in [4.78, 5) is 2.15. The highest BCUT2D eigenvalue weighted by Gasteiger charge is 2.11. The van der Waals surface area contributed by atoms with Crippen LogP contribution >= 0.6 is 24.2 Å². The lowest BCUT2D eigenvalue weighted by Crippen LogP contribution is -2.19. The molecule has 1 aromatic carbocycles. The van der Waals surface area contributed by atoms with Crippen LogP contribution in [0.25, 0.3) is 0 Å². The molecule has 0 N–H and O–H groups in total. The van der Waals surface area contributed by atoms with Gasteiger partial charge in [-0.25, -0.2) is 0 Å². The number of ether oxygens (including phenoxy) is 1. The smallest absolute Gasteiger partial charge is 0.145 e. The van der Waals surface area contributed by atoms with Crippen molar-refractivity contribution in [3.05, 3.63) is 22.7 Å². The van der Waals surface area contributed by atoms with E-state index >= 15 is 0 Å². The molecule has 0 spiro atoms. The first-order valence-corrected chi connectivity index (χ1v) is 6.27. The molecule has 0 atom stereocenters. The SMILES string of the molecule is COc1c(C)cc(Cl)cc1N(C)CCCS. The van der Waals surface area contributed by atoms with Gasteiger partial charge in [0.15, 0.2) is 0 Å². The average molecular weight is 260 g/mol. The summed E-state index contributed by atoms with van der Waals surface area (Å²) in [6.45, 7) is 2.94. The Hall–Kier alpha value is -0.540. The molecule has 90 valence electrons. The van der Waals surface area contributed by atoms with Gasteiger partial charge in [-0.05, 0) is 36.8 Å². The molecule has 1 aromatic rings. The summed E-state index contributed by atoms with van der Waals surface area (Å²) in [6, 6.07) is 3.85. The number of hydrogen-bond donors (Lipinski definition) is 1. The standard InChI is InChI=1S/C12H18ClNOS/c1-9-7-10(13)8-11(12(9)15-3)14(2)5-4-6-16/h7-8,16H,4-6H2,1-3H3. The van der Waals surface area contributed by atoms with Crippen molar-refractivity contribution in [3.63, 3.8) is 0 Å². The zero-order valence-corrected chi connectivity index (χ0v) is 11.6. The molecule has 0 saturated carbocycles. The van der Waals surface area contributed by atoms with Crippen molar-refractivity contribution in [1.29, 1.82) is 0 Å². The Kier molecular flexibility index (Phi) is 5.29. The van der Waals surface area contributed by atoms with Crippen LogP contribution in [0.1, 0.15) is 12.0 Å². The van der Waals surface area contributed by atoms with Crippen LogP contribution in [0.3, 0.4) is 0 Å². The highest BCUT2D eigenvalue weighted by Crippen LogP contribution is 2.34. The first kappa shape index (κ1) is 13.5. The van der Waals surface area contributed by atoms with Gasteiger partial charge in [0.25, 0.3) is 0 Å². The van der Waals surface area contributed by atoms with Crippen molar-refractivity contribution in [2.24, 2.45) is 0 Å². The lowest BCUT2D eigenvalue weighted by atomic mass is 10.1. The number of thiol groups is 1. The molecule has 0 fully saturated rings. The van der Waals surface area contributed by atoms with E-state index in [2.05, 4.69) is 17.5 Å². The lowest BCUT2D eigenvalue weighted by molar-refractivity contribution is 0.412. The van der Waals surface area contributed by atoms with Gasteiger partial charge in [-0.15, -0.1) is 0 Å². The number of benzene rings is 1. The number of methoxy groups -OCH3 is 1. The minimum absolute atomic E-state index is 0.742. The number of hydrogen-bond acceptors (Lipinski definition) is 3. The second-order valence-corrected chi connectivity index (χ2v) is 4.66. The summed E-state index contributed by atoms with van der Waals surface area (Å²) in [5.41, 5.74) is 2.09. The molecule has 0 radical (unpaired) electrons. The first-order chi connectivity index (χ1) is 7.60. The summed E-state index contributed by atoms with van der Waals surface area (Å²) >= 11 is 10.3. The maximum absolute atomic E-state index is 6.06. The van der Waals surface area contributed by atoms with Crippen molar-refractivity contribution in [3.8, 4) is 5.75 Å². The van der Waals surface area contributed by atoms with Crippen molar-refractivity contribution < 1.29 is 4.74 Å². The zero-order chi connectivity index (χ0) is 12.1. The maximum Gasteiger partial charge on any atom is 0.145 e.